The van der Waals surface area contributed by atoms with Crippen LogP contribution in [0.15, 0.2) is 42.5 Å². The molecule has 0 aliphatic carbocycles. The van der Waals surface area contributed by atoms with Gasteiger partial charge in [-0.1, -0.05) is 36.7 Å². The molecule has 0 saturated carbocycles. The number of hydrogen-bond donors (Lipinski definition) is 2. The van der Waals surface area contributed by atoms with Crippen molar-refractivity contribution in [1.82, 2.24) is 0 Å². The Morgan fingerprint density at radius 2 is 1.60 bits per heavy atom. The van der Waals surface area contributed by atoms with Crippen molar-refractivity contribution >= 4 is 34.8 Å². The van der Waals surface area contributed by atoms with E-state index in [4.69, 9.17) is 11.6 Å². The van der Waals surface area contributed by atoms with Gasteiger partial charge in [0.15, 0.2) is 0 Å². The first kappa shape index (κ1) is 19.0. The van der Waals surface area contributed by atoms with Crippen LogP contribution in [-0.2, 0) is 16.0 Å². The number of carbonyl (C=O) groups is 2. The average Bonchev–Trinajstić information content (AvgIpc) is 2.59. The van der Waals surface area contributed by atoms with E-state index in [-0.39, 0.29) is 11.8 Å². The van der Waals surface area contributed by atoms with Crippen molar-refractivity contribution in [2.24, 2.45) is 5.41 Å². The predicted octanol–water partition coefficient (Wildman–Crippen LogP) is 4.81. The molecule has 2 aromatic carbocycles. The Bertz CT molecular complexity index is 783. The maximum absolute atomic E-state index is 12.6. The van der Waals surface area contributed by atoms with Crippen LogP contribution in [0.1, 0.15) is 31.9 Å². The van der Waals surface area contributed by atoms with E-state index in [9.17, 15) is 9.59 Å². The number of anilines is 2. The number of rotatable bonds is 5. The summed E-state index contributed by atoms with van der Waals surface area (Å²) in [6.07, 6.45) is 0.932. The highest BCUT2D eigenvalue weighted by atomic mass is 35.5. The first-order valence-electron chi connectivity index (χ1n) is 8.22. The summed E-state index contributed by atoms with van der Waals surface area (Å²) < 4.78 is 0. The molecule has 0 bridgehead atoms. The molecule has 0 saturated heterocycles. The number of carbonyl (C=O) groups excluding carboxylic acids is 2. The zero-order valence-corrected chi connectivity index (χ0v) is 15.7. The van der Waals surface area contributed by atoms with Crippen molar-refractivity contribution < 1.29 is 9.59 Å². The van der Waals surface area contributed by atoms with E-state index in [0.717, 1.165) is 12.0 Å². The predicted molar refractivity (Wildman–Crippen MR) is 103 cm³/mol. The minimum atomic E-state index is -1.24. The summed E-state index contributed by atoms with van der Waals surface area (Å²) in [7, 11) is 0. The lowest BCUT2D eigenvalue weighted by Gasteiger charge is -2.23. The second-order valence-electron chi connectivity index (χ2n) is 6.50. The molecule has 0 radical (unpaired) electrons. The van der Waals surface area contributed by atoms with E-state index < -0.39 is 5.41 Å². The second kappa shape index (κ2) is 7.70. The molecule has 0 aliphatic rings. The van der Waals surface area contributed by atoms with Gasteiger partial charge >= 0.3 is 0 Å². The third kappa shape index (κ3) is 4.40. The van der Waals surface area contributed by atoms with Crippen molar-refractivity contribution in [2.45, 2.75) is 34.1 Å². The van der Waals surface area contributed by atoms with Gasteiger partial charge in [-0.2, -0.15) is 0 Å². The highest BCUT2D eigenvalue weighted by Crippen LogP contribution is 2.26. The van der Waals surface area contributed by atoms with Gasteiger partial charge in [0, 0.05) is 16.4 Å². The summed E-state index contributed by atoms with van der Waals surface area (Å²) in [6, 6.07) is 12.9. The highest BCUT2D eigenvalue weighted by Gasteiger charge is 2.36. The molecular weight excluding hydrogens is 336 g/mol. The first-order valence-corrected chi connectivity index (χ1v) is 8.60. The Balaban J connectivity index is 2.11. The van der Waals surface area contributed by atoms with Crippen LogP contribution < -0.4 is 10.6 Å². The van der Waals surface area contributed by atoms with Crippen LogP contribution in [-0.4, -0.2) is 11.8 Å². The van der Waals surface area contributed by atoms with E-state index in [1.54, 1.807) is 32.0 Å². The summed E-state index contributed by atoms with van der Waals surface area (Å²) in [5, 5.41) is 6.16. The zero-order chi connectivity index (χ0) is 18.6. The fourth-order valence-corrected chi connectivity index (χ4v) is 2.41. The molecule has 0 heterocycles. The van der Waals surface area contributed by atoms with Crippen LogP contribution in [0.25, 0.3) is 0 Å². The minimum Gasteiger partial charge on any atom is -0.325 e. The molecule has 2 amide bonds. The molecule has 2 aromatic rings. The Hall–Kier alpha value is -2.33. The van der Waals surface area contributed by atoms with Gasteiger partial charge in [0.05, 0.1) is 0 Å². The molecule has 0 aromatic heterocycles. The average molecular weight is 359 g/mol. The fourth-order valence-electron chi connectivity index (χ4n) is 2.24. The summed E-state index contributed by atoms with van der Waals surface area (Å²) in [5.74, 6) is -0.755. The molecule has 0 fully saturated rings. The van der Waals surface area contributed by atoms with Crippen molar-refractivity contribution in [3.8, 4) is 0 Å². The lowest BCUT2D eigenvalue weighted by Crippen LogP contribution is -2.41. The van der Waals surface area contributed by atoms with E-state index in [1.165, 1.54) is 5.56 Å². The van der Waals surface area contributed by atoms with E-state index in [0.29, 0.717) is 16.4 Å². The fraction of sp³-hybridized carbons (Fsp3) is 0.300. The largest absolute Gasteiger partial charge is 0.325 e. The van der Waals surface area contributed by atoms with Gasteiger partial charge < -0.3 is 10.6 Å². The van der Waals surface area contributed by atoms with Crippen LogP contribution in [0.5, 0.6) is 0 Å². The molecule has 2 N–H and O–H groups in total. The van der Waals surface area contributed by atoms with Crippen molar-refractivity contribution in [1.29, 1.82) is 0 Å². The Morgan fingerprint density at radius 3 is 2.20 bits per heavy atom. The van der Waals surface area contributed by atoms with Crippen LogP contribution in [0, 0.1) is 12.3 Å². The molecular formula is C20H23ClN2O2. The Labute approximate surface area is 153 Å². The van der Waals surface area contributed by atoms with Gasteiger partial charge in [0.2, 0.25) is 11.8 Å². The minimum absolute atomic E-state index is 0.367. The molecule has 2 rings (SSSR count). The molecule has 4 nitrogen and oxygen atoms in total. The maximum Gasteiger partial charge on any atom is 0.239 e. The van der Waals surface area contributed by atoms with Gasteiger partial charge in [-0.3, -0.25) is 9.59 Å². The van der Waals surface area contributed by atoms with E-state index in [2.05, 4.69) is 17.6 Å². The molecule has 0 spiro atoms. The molecule has 132 valence electrons. The standard InChI is InChI=1S/C20H23ClN2O2/c1-5-14-9-11-15(12-10-14)22-18(24)20(3,4)19(25)23-17-8-6-7-16(21)13(17)2/h6-12H,5H2,1-4H3,(H,22,24)(H,23,25). The lowest BCUT2D eigenvalue weighted by molar-refractivity contribution is -0.135. The number of benzene rings is 2. The molecule has 0 aliphatic heterocycles. The SMILES string of the molecule is CCc1ccc(NC(=O)C(C)(C)C(=O)Nc2cccc(Cl)c2C)cc1. The summed E-state index contributed by atoms with van der Waals surface area (Å²) in [4.78, 5) is 25.2. The number of aryl methyl sites for hydroxylation is 1. The maximum atomic E-state index is 12.6. The van der Waals surface area contributed by atoms with Crippen molar-refractivity contribution in [3.05, 3.63) is 58.6 Å². The summed E-state index contributed by atoms with van der Waals surface area (Å²) >= 11 is 6.08. The second-order valence-corrected chi connectivity index (χ2v) is 6.90. The number of nitrogens with one attached hydrogen (secondary N) is 2. The highest BCUT2D eigenvalue weighted by molar-refractivity contribution is 6.31. The summed E-state index contributed by atoms with van der Waals surface area (Å²) in [5.41, 5.74) is 1.99. The molecule has 0 atom stereocenters. The zero-order valence-electron chi connectivity index (χ0n) is 14.9. The number of amides is 2. The third-order valence-electron chi connectivity index (χ3n) is 4.27. The van der Waals surface area contributed by atoms with Crippen LogP contribution >= 0.6 is 11.6 Å². The Morgan fingerprint density at radius 1 is 1.00 bits per heavy atom. The van der Waals surface area contributed by atoms with Crippen molar-refractivity contribution in [3.63, 3.8) is 0 Å². The van der Waals surface area contributed by atoms with Crippen molar-refractivity contribution in [2.75, 3.05) is 10.6 Å². The van der Waals surface area contributed by atoms with Gasteiger partial charge in [-0.25, -0.2) is 0 Å². The topological polar surface area (TPSA) is 58.2 Å². The van der Waals surface area contributed by atoms with Crippen LogP contribution in [0.3, 0.4) is 0 Å². The molecule has 0 unspecified atom stereocenters. The quantitative estimate of drug-likeness (QED) is 0.753. The first-order chi connectivity index (χ1) is 11.8. The number of hydrogen-bond acceptors (Lipinski definition) is 2. The van der Waals surface area contributed by atoms with Gasteiger partial charge in [0.1, 0.15) is 5.41 Å². The van der Waals surface area contributed by atoms with Crippen LogP contribution in [0.2, 0.25) is 5.02 Å². The van der Waals surface area contributed by atoms with E-state index >= 15 is 0 Å². The number of halogens is 1. The van der Waals surface area contributed by atoms with Crippen LogP contribution in [0.4, 0.5) is 11.4 Å². The lowest BCUT2D eigenvalue weighted by atomic mass is 9.90. The Kier molecular flexibility index (Phi) is 5.85. The molecule has 5 heteroatoms. The smallest absolute Gasteiger partial charge is 0.239 e. The van der Waals surface area contributed by atoms with E-state index in [1.807, 2.05) is 31.2 Å². The monoisotopic (exact) mass is 358 g/mol. The van der Waals surface area contributed by atoms with Gasteiger partial charge in [0.25, 0.3) is 0 Å². The normalized spacial score (nSPS) is 11.1. The van der Waals surface area contributed by atoms with Gasteiger partial charge in [-0.15, -0.1) is 0 Å². The summed E-state index contributed by atoms with van der Waals surface area (Å²) in [6.45, 7) is 7.08. The van der Waals surface area contributed by atoms with Gasteiger partial charge in [-0.05, 0) is 62.6 Å². The molecule has 25 heavy (non-hydrogen) atoms. The third-order valence-corrected chi connectivity index (χ3v) is 4.68.